The third kappa shape index (κ3) is 4.62. The standard InChI is InChI=1S/C14H18F5N3OS/c1-2-3-4-5-8-23-12-11(20-24-21-12)10-6-7-13(15,16)22(9-10)14(17,18)19/h6H,2-5,7-9H2,1H3. The quantitative estimate of drug-likeness (QED) is 0.396. The van der Waals surface area contributed by atoms with Crippen molar-refractivity contribution in [1.29, 1.82) is 0 Å². The van der Waals surface area contributed by atoms with Crippen LogP contribution >= 0.6 is 11.7 Å². The molecular formula is C14H18F5N3OS. The van der Waals surface area contributed by atoms with Gasteiger partial charge >= 0.3 is 12.3 Å². The normalized spacial score (nSPS) is 18.5. The zero-order valence-electron chi connectivity index (χ0n) is 13.1. The van der Waals surface area contributed by atoms with Crippen molar-refractivity contribution < 1.29 is 26.7 Å². The fourth-order valence-corrected chi connectivity index (χ4v) is 2.85. The minimum absolute atomic E-state index is 0.0514. The van der Waals surface area contributed by atoms with Crippen molar-refractivity contribution in [1.82, 2.24) is 13.6 Å². The van der Waals surface area contributed by atoms with Crippen LogP contribution in [0.15, 0.2) is 6.08 Å². The predicted octanol–water partition coefficient (Wildman–Crippen LogP) is 4.70. The van der Waals surface area contributed by atoms with Crippen LogP contribution in [0.4, 0.5) is 22.0 Å². The predicted molar refractivity (Wildman–Crippen MR) is 79.8 cm³/mol. The summed E-state index contributed by atoms with van der Waals surface area (Å²) in [6.45, 7) is 1.46. The fourth-order valence-electron chi connectivity index (χ4n) is 2.32. The lowest BCUT2D eigenvalue weighted by Gasteiger charge is -2.35. The van der Waals surface area contributed by atoms with Gasteiger partial charge in [-0.1, -0.05) is 32.3 Å². The van der Waals surface area contributed by atoms with Crippen molar-refractivity contribution in [3.05, 3.63) is 11.8 Å². The second kappa shape index (κ2) is 7.73. The number of rotatable bonds is 7. The Bertz CT molecular complexity index is 573. The Labute approximate surface area is 140 Å². The summed E-state index contributed by atoms with van der Waals surface area (Å²) in [7, 11) is 0. The summed E-state index contributed by atoms with van der Waals surface area (Å²) in [5, 5.41) is 0. The molecule has 1 aromatic heterocycles. The summed E-state index contributed by atoms with van der Waals surface area (Å²) in [4.78, 5) is -0.778. The van der Waals surface area contributed by atoms with Gasteiger partial charge in [-0.05, 0) is 12.0 Å². The maximum absolute atomic E-state index is 13.5. The zero-order chi connectivity index (χ0) is 17.8. The molecule has 136 valence electrons. The fraction of sp³-hybridized carbons (Fsp3) is 0.714. The highest BCUT2D eigenvalue weighted by Crippen LogP contribution is 2.41. The number of hydrogen-bond donors (Lipinski definition) is 0. The number of ether oxygens (including phenoxy) is 1. The van der Waals surface area contributed by atoms with E-state index in [4.69, 9.17) is 4.74 Å². The third-order valence-electron chi connectivity index (χ3n) is 3.62. The summed E-state index contributed by atoms with van der Waals surface area (Å²) in [5.74, 6) is 0.107. The average Bonchev–Trinajstić information content (AvgIpc) is 2.94. The van der Waals surface area contributed by atoms with E-state index in [1.807, 2.05) is 0 Å². The first-order chi connectivity index (χ1) is 11.3. The monoisotopic (exact) mass is 371 g/mol. The van der Waals surface area contributed by atoms with Gasteiger partial charge in [-0.15, -0.1) is 9.27 Å². The van der Waals surface area contributed by atoms with E-state index in [1.54, 1.807) is 0 Å². The maximum atomic E-state index is 13.5. The molecule has 2 rings (SSSR count). The summed E-state index contributed by atoms with van der Waals surface area (Å²) >= 11 is 0.784. The molecule has 0 saturated heterocycles. The first kappa shape index (κ1) is 19.0. The van der Waals surface area contributed by atoms with Crippen molar-refractivity contribution >= 4 is 17.3 Å². The topological polar surface area (TPSA) is 38.3 Å². The molecule has 0 bridgehead atoms. The number of alkyl halides is 5. The van der Waals surface area contributed by atoms with Crippen LogP contribution in [-0.2, 0) is 0 Å². The van der Waals surface area contributed by atoms with Gasteiger partial charge in [0.15, 0.2) is 0 Å². The van der Waals surface area contributed by atoms with Crippen LogP contribution in [0.25, 0.3) is 5.57 Å². The molecule has 10 heteroatoms. The molecule has 0 radical (unpaired) electrons. The van der Waals surface area contributed by atoms with Crippen LogP contribution in [0, 0.1) is 0 Å². The molecule has 0 amide bonds. The molecule has 0 aliphatic carbocycles. The molecule has 0 fully saturated rings. The molecule has 0 atom stereocenters. The van der Waals surface area contributed by atoms with Gasteiger partial charge in [0.25, 0.3) is 5.88 Å². The van der Waals surface area contributed by atoms with Crippen LogP contribution in [-0.4, -0.2) is 39.1 Å². The lowest BCUT2D eigenvalue weighted by Crippen LogP contribution is -2.52. The largest absolute Gasteiger partial charge is 0.475 e. The lowest BCUT2D eigenvalue weighted by atomic mass is 10.1. The highest BCUT2D eigenvalue weighted by molar-refractivity contribution is 6.99. The van der Waals surface area contributed by atoms with Gasteiger partial charge in [0.05, 0.1) is 18.3 Å². The van der Waals surface area contributed by atoms with E-state index in [2.05, 4.69) is 15.7 Å². The Balaban J connectivity index is 2.07. The summed E-state index contributed by atoms with van der Waals surface area (Å²) in [6.07, 6.45) is -1.20. The number of aromatic nitrogens is 2. The van der Waals surface area contributed by atoms with E-state index in [-0.39, 0.29) is 17.1 Å². The number of halogens is 5. The van der Waals surface area contributed by atoms with Gasteiger partial charge in [0.1, 0.15) is 5.69 Å². The number of nitrogens with zero attached hydrogens (tertiary/aromatic N) is 3. The highest BCUT2D eigenvalue weighted by atomic mass is 32.1. The number of unbranched alkanes of at least 4 members (excludes halogenated alkanes) is 3. The van der Waals surface area contributed by atoms with E-state index < -0.39 is 30.2 Å². The van der Waals surface area contributed by atoms with E-state index in [9.17, 15) is 22.0 Å². The Kier molecular flexibility index (Phi) is 6.13. The van der Waals surface area contributed by atoms with Crippen molar-refractivity contribution in [3.8, 4) is 5.88 Å². The van der Waals surface area contributed by atoms with Crippen molar-refractivity contribution in [2.24, 2.45) is 0 Å². The molecule has 0 spiro atoms. The van der Waals surface area contributed by atoms with E-state index in [0.717, 1.165) is 43.5 Å². The van der Waals surface area contributed by atoms with Crippen molar-refractivity contribution in [3.63, 3.8) is 0 Å². The Hall–Kier alpha value is -1.29. The smallest absolute Gasteiger partial charge is 0.464 e. The van der Waals surface area contributed by atoms with E-state index in [1.165, 1.54) is 0 Å². The van der Waals surface area contributed by atoms with E-state index >= 15 is 0 Å². The second-order valence-corrected chi connectivity index (χ2v) is 6.01. The van der Waals surface area contributed by atoms with Crippen LogP contribution in [0.2, 0.25) is 0 Å². The molecule has 4 nitrogen and oxygen atoms in total. The number of hydrogen-bond acceptors (Lipinski definition) is 5. The Morgan fingerprint density at radius 2 is 2.00 bits per heavy atom. The minimum Gasteiger partial charge on any atom is -0.475 e. The van der Waals surface area contributed by atoms with Crippen LogP contribution < -0.4 is 4.74 Å². The molecule has 24 heavy (non-hydrogen) atoms. The molecule has 2 heterocycles. The van der Waals surface area contributed by atoms with Gasteiger partial charge in [-0.2, -0.15) is 26.3 Å². The molecule has 0 unspecified atom stereocenters. The SMILES string of the molecule is CCCCCCOc1nsnc1C1=CCC(F)(F)N(C(F)(F)F)C1. The van der Waals surface area contributed by atoms with Gasteiger partial charge in [-0.3, -0.25) is 0 Å². The molecule has 0 aromatic carbocycles. The van der Waals surface area contributed by atoms with Gasteiger partial charge in [0, 0.05) is 13.0 Å². The summed E-state index contributed by atoms with van der Waals surface area (Å²) in [5.41, 5.74) is 0.163. The van der Waals surface area contributed by atoms with E-state index in [0.29, 0.717) is 6.61 Å². The van der Waals surface area contributed by atoms with Gasteiger partial charge in [-0.25, -0.2) is 0 Å². The van der Waals surface area contributed by atoms with Crippen LogP contribution in [0.5, 0.6) is 5.88 Å². The first-order valence-corrected chi connectivity index (χ1v) is 8.35. The average molecular weight is 371 g/mol. The minimum atomic E-state index is -5.13. The first-order valence-electron chi connectivity index (χ1n) is 7.62. The Morgan fingerprint density at radius 3 is 2.67 bits per heavy atom. The maximum Gasteiger partial charge on any atom is 0.464 e. The molecule has 1 aliphatic heterocycles. The molecular weight excluding hydrogens is 353 g/mol. The van der Waals surface area contributed by atoms with Gasteiger partial charge in [0.2, 0.25) is 0 Å². The molecule has 1 aromatic rings. The zero-order valence-corrected chi connectivity index (χ0v) is 13.9. The third-order valence-corrected chi connectivity index (χ3v) is 4.13. The highest BCUT2D eigenvalue weighted by Gasteiger charge is 2.54. The molecule has 1 aliphatic rings. The molecule has 0 saturated carbocycles. The Morgan fingerprint density at radius 1 is 1.25 bits per heavy atom. The van der Waals surface area contributed by atoms with Crippen molar-refractivity contribution in [2.45, 2.75) is 51.4 Å². The summed E-state index contributed by atoms with van der Waals surface area (Å²) < 4.78 is 78.8. The second-order valence-electron chi connectivity index (χ2n) is 5.48. The van der Waals surface area contributed by atoms with Crippen LogP contribution in [0.1, 0.15) is 44.7 Å². The van der Waals surface area contributed by atoms with Gasteiger partial charge < -0.3 is 4.74 Å². The van der Waals surface area contributed by atoms with Crippen LogP contribution in [0.3, 0.4) is 0 Å². The lowest BCUT2D eigenvalue weighted by molar-refractivity contribution is -0.327. The van der Waals surface area contributed by atoms with Crippen molar-refractivity contribution in [2.75, 3.05) is 13.2 Å². The summed E-state index contributed by atoms with van der Waals surface area (Å²) in [6, 6.07) is -3.97. The molecule has 0 N–H and O–H groups in total.